The van der Waals surface area contributed by atoms with Crippen LogP contribution in [0.15, 0.2) is 18.2 Å². The minimum atomic E-state index is -0.0911. The molecular weight excluding hydrogens is 189 g/mol. The zero-order chi connectivity index (χ0) is 10.8. The second-order valence-electron chi connectivity index (χ2n) is 4.63. The van der Waals surface area contributed by atoms with Gasteiger partial charge in [-0.2, -0.15) is 0 Å². The molecule has 15 heavy (non-hydrogen) atoms. The van der Waals surface area contributed by atoms with E-state index in [9.17, 15) is 4.39 Å². The van der Waals surface area contributed by atoms with Gasteiger partial charge in [-0.25, -0.2) is 4.39 Å². The van der Waals surface area contributed by atoms with Crippen LogP contribution in [-0.4, -0.2) is 6.04 Å². The summed E-state index contributed by atoms with van der Waals surface area (Å²) in [5.74, 6) is 0.371. The standard InChI is InChI=1S/C13H18FN/c1-9-5-6-11(8-13(9)14)10-3-2-4-12(15)7-10/h5-6,8,10,12H,2-4,7,15H2,1H3. The van der Waals surface area contributed by atoms with Crippen molar-refractivity contribution in [3.8, 4) is 0 Å². The number of aryl methyl sites for hydroxylation is 1. The van der Waals surface area contributed by atoms with Gasteiger partial charge in [-0.1, -0.05) is 18.6 Å². The monoisotopic (exact) mass is 207 g/mol. The Morgan fingerprint density at radius 1 is 1.33 bits per heavy atom. The van der Waals surface area contributed by atoms with E-state index in [1.165, 1.54) is 6.42 Å². The average molecular weight is 207 g/mol. The molecule has 0 aliphatic heterocycles. The molecule has 1 aromatic carbocycles. The van der Waals surface area contributed by atoms with Crippen LogP contribution in [0.3, 0.4) is 0 Å². The number of hydrogen-bond donors (Lipinski definition) is 1. The molecule has 0 bridgehead atoms. The molecule has 1 nitrogen and oxygen atoms in total. The van der Waals surface area contributed by atoms with E-state index in [0.29, 0.717) is 12.0 Å². The molecule has 1 aliphatic carbocycles. The van der Waals surface area contributed by atoms with Gasteiger partial charge in [0.2, 0.25) is 0 Å². The zero-order valence-corrected chi connectivity index (χ0v) is 9.17. The summed E-state index contributed by atoms with van der Waals surface area (Å²) in [7, 11) is 0. The van der Waals surface area contributed by atoms with Crippen LogP contribution in [0.25, 0.3) is 0 Å². The number of rotatable bonds is 1. The fourth-order valence-corrected chi connectivity index (χ4v) is 2.39. The molecular formula is C13H18FN. The molecule has 1 fully saturated rings. The van der Waals surface area contributed by atoms with Crippen molar-refractivity contribution in [2.45, 2.75) is 44.6 Å². The molecule has 0 radical (unpaired) electrons. The highest BCUT2D eigenvalue weighted by Gasteiger charge is 2.21. The van der Waals surface area contributed by atoms with Crippen LogP contribution >= 0.6 is 0 Å². The number of halogens is 1. The quantitative estimate of drug-likeness (QED) is 0.752. The van der Waals surface area contributed by atoms with Crippen LogP contribution in [0.4, 0.5) is 4.39 Å². The normalized spacial score (nSPS) is 26.6. The fourth-order valence-electron chi connectivity index (χ4n) is 2.39. The van der Waals surface area contributed by atoms with Gasteiger partial charge in [0, 0.05) is 6.04 Å². The van der Waals surface area contributed by atoms with Crippen molar-refractivity contribution in [2.75, 3.05) is 0 Å². The third kappa shape index (κ3) is 2.37. The minimum absolute atomic E-state index is 0.0911. The highest BCUT2D eigenvalue weighted by Crippen LogP contribution is 2.32. The summed E-state index contributed by atoms with van der Waals surface area (Å²) >= 11 is 0. The van der Waals surface area contributed by atoms with E-state index in [-0.39, 0.29) is 5.82 Å². The Morgan fingerprint density at radius 3 is 2.80 bits per heavy atom. The second kappa shape index (κ2) is 4.31. The van der Waals surface area contributed by atoms with Crippen molar-refractivity contribution in [3.63, 3.8) is 0 Å². The Labute approximate surface area is 90.5 Å². The largest absolute Gasteiger partial charge is 0.328 e. The first kappa shape index (κ1) is 10.6. The van der Waals surface area contributed by atoms with Crippen LogP contribution in [0, 0.1) is 12.7 Å². The zero-order valence-electron chi connectivity index (χ0n) is 9.17. The molecule has 2 N–H and O–H groups in total. The Bertz CT molecular complexity index is 348. The smallest absolute Gasteiger partial charge is 0.126 e. The van der Waals surface area contributed by atoms with E-state index in [0.717, 1.165) is 30.4 Å². The summed E-state index contributed by atoms with van der Waals surface area (Å²) in [5.41, 5.74) is 7.78. The van der Waals surface area contributed by atoms with Crippen LogP contribution in [0.5, 0.6) is 0 Å². The first-order valence-electron chi connectivity index (χ1n) is 5.68. The summed E-state index contributed by atoms with van der Waals surface area (Å²) < 4.78 is 13.4. The third-order valence-corrected chi connectivity index (χ3v) is 3.38. The molecule has 2 rings (SSSR count). The molecule has 0 heterocycles. The lowest BCUT2D eigenvalue weighted by Gasteiger charge is -2.27. The molecule has 2 atom stereocenters. The Hall–Kier alpha value is -0.890. The van der Waals surface area contributed by atoms with Crippen molar-refractivity contribution in [3.05, 3.63) is 35.1 Å². The lowest BCUT2D eigenvalue weighted by atomic mass is 9.81. The van der Waals surface area contributed by atoms with Crippen molar-refractivity contribution in [2.24, 2.45) is 5.73 Å². The van der Waals surface area contributed by atoms with E-state index in [1.54, 1.807) is 13.0 Å². The van der Waals surface area contributed by atoms with Crippen LogP contribution < -0.4 is 5.73 Å². The first-order valence-corrected chi connectivity index (χ1v) is 5.68. The van der Waals surface area contributed by atoms with Gasteiger partial charge in [0.15, 0.2) is 0 Å². The molecule has 0 spiro atoms. The molecule has 2 heteroatoms. The summed E-state index contributed by atoms with van der Waals surface area (Å²) in [6, 6.07) is 5.89. The van der Waals surface area contributed by atoms with Crippen LogP contribution in [0.2, 0.25) is 0 Å². The van der Waals surface area contributed by atoms with Crippen molar-refractivity contribution < 1.29 is 4.39 Å². The third-order valence-electron chi connectivity index (χ3n) is 3.38. The molecule has 0 saturated heterocycles. The van der Waals surface area contributed by atoms with Gasteiger partial charge in [0.25, 0.3) is 0 Å². The minimum Gasteiger partial charge on any atom is -0.328 e. The summed E-state index contributed by atoms with van der Waals surface area (Å²) in [6.45, 7) is 1.80. The summed E-state index contributed by atoms with van der Waals surface area (Å²) in [5, 5.41) is 0. The Morgan fingerprint density at radius 2 is 2.13 bits per heavy atom. The predicted molar refractivity (Wildman–Crippen MR) is 60.3 cm³/mol. The molecule has 1 aromatic rings. The first-order chi connectivity index (χ1) is 7.16. The number of nitrogens with two attached hydrogens (primary N) is 1. The van der Waals surface area contributed by atoms with Gasteiger partial charge in [-0.3, -0.25) is 0 Å². The lowest BCUT2D eigenvalue weighted by Crippen LogP contribution is -2.26. The van der Waals surface area contributed by atoms with Crippen molar-refractivity contribution in [1.82, 2.24) is 0 Å². The Kier molecular flexibility index (Phi) is 3.06. The maximum atomic E-state index is 13.4. The maximum Gasteiger partial charge on any atom is 0.126 e. The van der Waals surface area contributed by atoms with Crippen LogP contribution in [-0.2, 0) is 0 Å². The summed E-state index contributed by atoms with van der Waals surface area (Å²) in [6.07, 6.45) is 4.44. The maximum absolute atomic E-state index is 13.4. The SMILES string of the molecule is Cc1ccc(C2CCCC(N)C2)cc1F. The van der Waals surface area contributed by atoms with E-state index < -0.39 is 0 Å². The lowest BCUT2D eigenvalue weighted by molar-refractivity contribution is 0.392. The Balaban J connectivity index is 2.18. The second-order valence-corrected chi connectivity index (χ2v) is 4.63. The number of benzene rings is 1. The fraction of sp³-hybridized carbons (Fsp3) is 0.538. The van der Waals surface area contributed by atoms with E-state index in [4.69, 9.17) is 5.73 Å². The molecule has 2 unspecified atom stereocenters. The number of hydrogen-bond acceptors (Lipinski definition) is 1. The highest BCUT2D eigenvalue weighted by molar-refractivity contribution is 5.26. The van der Waals surface area contributed by atoms with Crippen LogP contribution in [0.1, 0.15) is 42.7 Å². The van der Waals surface area contributed by atoms with Crippen molar-refractivity contribution in [1.29, 1.82) is 0 Å². The summed E-state index contributed by atoms with van der Waals surface area (Å²) in [4.78, 5) is 0. The van der Waals surface area contributed by atoms with Gasteiger partial charge in [-0.15, -0.1) is 0 Å². The predicted octanol–water partition coefficient (Wildman–Crippen LogP) is 3.12. The van der Waals surface area contributed by atoms with Gasteiger partial charge in [0.1, 0.15) is 5.82 Å². The molecule has 82 valence electrons. The molecule has 1 aliphatic rings. The van der Waals surface area contributed by atoms with E-state index in [1.807, 2.05) is 12.1 Å². The van der Waals surface area contributed by atoms with Gasteiger partial charge in [0.05, 0.1) is 0 Å². The van der Waals surface area contributed by atoms with E-state index >= 15 is 0 Å². The average Bonchev–Trinajstić information content (AvgIpc) is 2.22. The topological polar surface area (TPSA) is 26.0 Å². The highest BCUT2D eigenvalue weighted by atomic mass is 19.1. The molecule has 0 amide bonds. The van der Waals surface area contributed by atoms with Gasteiger partial charge >= 0.3 is 0 Å². The van der Waals surface area contributed by atoms with Gasteiger partial charge < -0.3 is 5.73 Å². The van der Waals surface area contributed by atoms with Gasteiger partial charge in [-0.05, 0) is 49.3 Å². The van der Waals surface area contributed by atoms with Crippen molar-refractivity contribution >= 4 is 0 Å². The van der Waals surface area contributed by atoms with E-state index in [2.05, 4.69) is 0 Å². The molecule has 1 saturated carbocycles. The molecule has 0 aromatic heterocycles.